The van der Waals surface area contributed by atoms with Crippen LogP contribution >= 0.6 is 0 Å². The van der Waals surface area contributed by atoms with Gasteiger partial charge in [-0.1, -0.05) is 18.2 Å². The molecule has 1 saturated heterocycles. The molecule has 110 valence electrons. The quantitative estimate of drug-likeness (QED) is 0.445. The molecule has 2 rings (SSSR count). The summed E-state index contributed by atoms with van der Waals surface area (Å²) in [5, 5.41) is 40.4. The zero-order valence-electron chi connectivity index (χ0n) is 10.6. The summed E-state index contributed by atoms with van der Waals surface area (Å²) in [6, 6.07) is 7.23. The monoisotopic (exact) mass is 283 g/mol. The second-order valence-electron chi connectivity index (χ2n) is 4.60. The van der Waals surface area contributed by atoms with Crippen LogP contribution in [0.1, 0.15) is 10.4 Å². The molecule has 1 fully saturated rings. The van der Waals surface area contributed by atoms with Crippen LogP contribution in [0.25, 0.3) is 0 Å². The van der Waals surface area contributed by atoms with E-state index in [0.29, 0.717) is 5.56 Å². The number of rotatable bonds is 4. The number of benzene rings is 1. The van der Waals surface area contributed by atoms with Crippen molar-refractivity contribution in [1.29, 1.82) is 0 Å². The first-order valence-corrected chi connectivity index (χ1v) is 6.21. The fourth-order valence-corrected chi connectivity index (χ4v) is 2.10. The highest BCUT2D eigenvalue weighted by molar-refractivity contribution is 5.94. The van der Waals surface area contributed by atoms with E-state index in [0.717, 1.165) is 0 Å². The molecule has 1 aromatic rings. The molecule has 5 N–H and O–H groups in total. The topological polar surface area (TPSA) is 119 Å². The van der Waals surface area contributed by atoms with E-state index in [9.17, 15) is 20.1 Å². The van der Waals surface area contributed by atoms with Gasteiger partial charge in [0.15, 0.2) is 6.29 Å². The fourth-order valence-electron chi connectivity index (χ4n) is 2.10. The maximum atomic E-state index is 11.9. The largest absolute Gasteiger partial charge is 0.394 e. The van der Waals surface area contributed by atoms with E-state index in [1.165, 1.54) is 0 Å². The van der Waals surface area contributed by atoms with Gasteiger partial charge in [0, 0.05) is 5.56 Å². The Balaban J connectivity index is 2.04. The first kappa shape index (κ1) is 14.9. The molecule has 0 saturated carbocycles. The smallest absolute Gasteiger partial charge is 0.251 e. The molecule has 0 aliphatic carbocycles. The van der Waals surface area contributed by atoms with E-state index in [-0.39, 0.29) is 0 Å². The van der Waals surface area contributed by atoms with Gasteiger partial charge in [-0.2, -0.15) is 0 Å². The predicted octanol–water partition coefficient (Wildman–Crippen LogP) is -1.78. The minimum atomic E-state index is -1.45. The van der Waals surface area contributed by atoms with Gasteiger partial charge in [-0.15, -0.1) is 0 Å². The van der Waals surface area contributed by atoms with E-state index in [4.69, 9.17) is 9.84 Å². The lowest BCUT2D eigenvalue weighted by Gasteiger charge is -2.21. The number of aliphatic hydroxyl groups is 4. The van der Waals surface area contributed by atoms with Crippen molar-refractivity contribution >= 4 is 5.91 Å². The van der Waals surface area contributed by atoms with Crippen molar-refractivity contribution in [1.82, 2.24) is 5.32 Å². The van der Waals surface area contributed by atoms with Crippen molar-refractivity contribution in [2.45, 2.75) is 30.6 Å². The second-order valence-corrected chi connectivity index (χ2v) is 4.60. The molecule has 0 spiro atoms. The maximum absolute atomic E-state index is 11.9. The molecular formula is C13H17NO6. The van der Waals surface area contributed by atoms with Crippen LogP contribution in [0.15, 0.2) is 30.3 Å². The zero-order chi connectivity index (χ0) is 14.7. The highest BCUT2D eigenvalue weighted by Crippen LogP contribution is 2.22. The standard InChI is InChI=1S/C13H17NO6/c15-6-8(16)11-10(17)9(13(19)20-11)14-12(18)7-4-2-1-3-5-7/h1-5,8-11,13,15-17,19H,6H2,(H,14,18)/t8?,9-,10+,11-,13-/m1/s1. The highest BCUT2D eigenvalue weighted by atomic mass is 16.6. The highest BCUT2D eigenvalue weighted by Gasteiger charge is 2.46. The minimum Gasteiger partial charge on any atom is -0.394 e. The average Bonchev–Trinajstić information content (AvgIpc) is 2.75. The zero-order valence-corrected chi connectivity index (χ0v) is 10.6. The van der Waals surface area contributed by atoms with Gasteiger partial charge in [-0.3, -0.25) is 4.79 Å². The van der Waals surface area contributed by atoms with Gasteiger partial charge in [0.05, 0.1) is 6.61 Å². The number of hydrogen-bond acceptors (Lipinski definition) is 6. The number of carbonyl (C=O) groups is 1. The summed E-state index contributed by atoms with van der Waals surface area (Å²) in [4.78, 5) is 11.9. The van der Waals surface area contributed by atoms with Crippen molar-refractivity contribution in [2.75, 3.05) is 6.61 Å². The van der Waals surface area contributed by atoms with Gasteiger partial charge in [-0.05, 0) is 12.1 Å². The molecule has 0 radical (unpaired) electrons. The third kappa shape index (κ3) is 2.97. The molecule has 5 atom stereocenters. The molecule has 1 amide bonds. The Labute approximate surface area is 115 Å². The Morgan fingerprint density at radius 3 is 2.55 bits per heavy atom. The molecule has 1 unspecified atom stereocenters. The van der Waals surface area contributed by atoms with Crippen LogP contribution < -0.4 is 5.32 Å². The van der Waals surface area contributed by atoms with Gasteiger partial charge in [0.2, 0.25) is 0 Å². The van der Waals surface area contributed by atoms with Crippen LogP contribution in [-0.2, 0) is 4.74 Å². The molecule has 20 heavy (non-hydrogen) atoms. The van der Waals surface area contributed by atoms with Crippen molar-refractivity contribution in [3.05, 3.63) is 35.9 Å². The molecule has 1 aromatic carbocycles. The Morgan fingerprint density at radius 1 is 1.30 bits per heavy atom. The van der Waals surface area contributed by atoms with Crippen LogP contribution in [0.5, 0.6) is 0 Å². The number of carbonyl (C=O) groups excluding carboxylic acids is 1. The lowest BCUT2D eigenvalue weighted by atomic mass is 10.0. The SMILES string of the molecule is O=C(N[C@@H]1[C@H](O)[C@@H](C(O)CO)O[C@H]1O)c1ccccc1. The van der Waals surface area contributed by atoms with Gasteiger partial charge < -0.3 is 30.5 Å². The van der Waals surface area contributed by atoms with E-state index in [1.54, 1.807) is 30.3 Å². The summed E-state index contributed by atoms with van der Waals surface area (Å²) < 4.78 is 4.96. The summed E-state index contributed by atoms with van der Waals surface area (Å²) in [5.41, 5.74) is 0.373. The predicted molar refractivity (Wildman–Crippen MR) is 67.7 cm³/mol. The normalized spacial score (nSPS) is 31.0. The molecule has 0 aromatic heterocycles. The summed E-state index contributed by atoms with van der Waals surface area (Å²) in [6.45, 7) is -0.617. The number of aliphatic hydroxyl groups excluding tert-OH is 4. The lowest BCUT2D eigenvalue weighted by molar-refractivity contribution is -0.139. The Kier molecular flexibility index (Phi) is 4.69. The molecule has 0 bridgehead atoms. The van der Waals surface area contributed by atoms with E-state index in [2.05, 4.69) is 5.32 Å². The summed E-state index contributed by atoms with van der Waals surface area (Å²) in [7, 11) is 0. The van der Waals surface area contributed by atoms with Gasteiger partial charge >= 0.3 is 0 Å². The van der Waals surface area contributed by atoms with Crippen LogP contribution in [0.4, 0.5) is 0 Å². The second kappa shape index (κ2) is 6.29. The Bertz CT molecular complexity index is 453. The lowest BCUT2D eigenvalue weighted by Crippen LogP contribution is -2.49. The average molecular weight is 283 g/mol. The van der Waals surface area contributed by atoms with E-state index in [1.807, 2.05) is 0 Å². The summed E-state index contributed by atoms with van der Waals surface area (Å²) in [5.74, 6) is -0.476. The number of nitrogens with one attached hydrogen (secondary N) is 1. The third-order valence-corrected chi connectivity index (χ3v) is 3.21. The molecule has 7 nitrogen and oxygen atoms in total. The van der Waals surface area contributed by atoms with Crippen molar-refractivity contribution < 1.29 is 30.0 Å². The van der Waals surface area contributed by atoms with Crippen molar-refractivity contribution in [3.8, 4) is 0 Å². The van der Waals surface area contributed by atoms with Crippen LogP contribution in [0.2, 0.25) is 0 Å². The number of ether oxygens (including phenoxy) is 1. The van der Waals surface area contributed by atoms with Crippen molar-refractivity contribution in [3.63, 3.8) is 0 Å². The van der Waals surface area contributed by atoms with Crippen LogP contribution in [-0.4, -0.2) is 63.6 Å². The van der Waals surface area contributed by atoms with Gasteiger partial charge in [0.25, 0.3) is 5.91 Å². The van der Waals surface area contributed by atoms with Gasteiger partial charge in [-0.25, -0.2) is 0 Å². The number of hydrogen-bond donors (Lipinski definition) is 5. The fraction of sp³-hybridized carbons (Fsp3) is 0.462. The van der Waals surface area contributed by atoms with Crippen molar-refractivity contribution in [2.24, 2.45) is 0 Å². The molecule has 1 heterocycles. The van der Waals surface area contributed by atoms with Crippen LogP contribution in [0, 0.1) is 0 Å². The van der Waals surface area contributed by atoms with E-state index < -0.39 is 43.2 Å². The summed E-state index contributed by atoms with van der Waals surface area (Å²) >= 11 is 0. The molecule has 1 aliphatic rings. The van der Waals surface area contributed by atoms with E-state index >= 15 is 0 Å². The van der Waals surface area contributed by atoms with Gasteiger partial charge in [0.1, 0.15) is 24.4 Å². The van der Waals surface area contributed by atoms with Crippen LogP contribution in [0.3, 0.4) is 0 Å². The molecule has 1 aliphatic heterocycles. The third-order valence-electron chi connectivity index (χ3n) is 3.21. The first-order valence-electron chi connectivity index (χ1n) is 6.21. The molecular weight excluding hydrogens is 266 g/mol. The Hall–Kier alpha value is -1.51. The summed E-state index contributed by atoms with van der Waals surface area (Å²) in [6.07, 6.45) is -5.27. The Morgan fingerprint density at radius 2 is 1.95 bits per heavy atom. The molecule has 7 heteroatoms. The first-order chi connectivity index (χ1) is 9.54. The number of amides is 1. The minimum absolute atomic E-state index is 0.373. The maximum Gasteiger partial charge on any atom is 0.251 e.